The minimum absolute atomic E-state index is 0.0458. The molecule has 1 aromatic carbocycles. The van der Waals surface area contributed by atoms with Crippen molar-refractivity contribution in [3.05, 3.63) is 47.3 Å². The number of morpholine rings is 1. The summed E-state index contributed by atoms with van der Waals surface area (Å²) < 4.78 is 13.3. The predicted octanol–water partition coefficient (Wildman–Crippen LogP) is 2.90. The van der Waals surface area contributed by atoms with Crippen molar-refractivity contribution in [1.29, 1.82) is 0 Å². The second-order valence-corrected chi connectivity index (χ2v) is 7.27. The monoisotopic (exact) mass is 386 g/mol. The standard InChI is InChI=1S/C21H30N4O3/c1-4-8-27-19-6-5-18(17(3)10-19)12-22-21(26)24-7-9-28-20(14-24)15-25-13-16(2)11-23-25/h5-6,10-11,13,20H,4,7-9,12,14-15H2,1-3H3,(H,22,26). The van der Waals surface area contributed by atoms with E-state index in [0.717, 1.165) is 28.9 Å². The Kier molecular flexibility index (Phi) is 6.92. The van der Waals surface area contributed by atoms with Crippen molar-refractivity contribution in [1.82, 2.24) is 20.0 Å². The number of nitrogens with zero attached hydrogens (tertiary/aromatic N) is 3. The molecule has 1 aliphatic rings. The van der Waals surface area contributed by atoms with Crippen LogP contribution < -0.4 is 10.1 Å². The maximum Gasteiger partial charge on any atom is 0.317 e. The van der Waals surface area contributed by atoms with Crippen molar-refractivity contribution in [2.45, 2.75) is 46.4 Å². The van der Waals surface area contributed by atoms with Gasteiger partial charge < -0.3 is 19.7 Å². The third kappa shape index (κ3) is 5.48. The molecule has 0 aliphatic carbocycles. The maximum absolute atomic E-state index is 12.6. The molecule has 1 N–H and O–H groups in total. The van der Waals surface area contributed by atoms with Gasteiger partial charge in [-0.3, -0.25) is 4.68 Å². The highest BCUT2D eigenvalue weighted by Gasteiger charge is 2.24. The predicted molar refractivity (Wildman–Crippen MR) is 107 cm³/mol. The van der Waals surface area contributed by atoms with Gasteiger partial charge in [0.2, 0.25) is 0 Å². The Morgan fingerprint density at radius 3 is 2.96 bits per heavy atom. The second-order valence-electron chi connectivity index (χ2n) is 7.27. The number of ether oxygens (including phenoxy) is 2. The van der Waals surface area contributed by atoms with Gasteiger partial charge in [-0.2, -0.15) is 5.10 Å². The highest BCUT2D eigenvalue weighted by Crippen LogP contribution is 2.18. The van der Waals surface area contributed by atoms with E-state index in [1.807, 2.05) is 54.0 Å². The summed E-state index contributed by atoms with van der Waals surface area (Å²) in [6.45, 7) is 9.70. The zero-order chi connectivity index (χ0) is 19.9. The van der Waals surface area contributed by atoms with Crippen molar-refractivity contribution in [2.24, 2.45) is 0 Å². The van der Waals surface area contributed by atoms with E-state index >= 15 is 0 Å². The number of aromatic nitrogens is 2. The fourth-order valence-electron chi connectivity index (χ4n) is 3.25. The van der Waals surface area contributed by atoms with Crippen LogP contribution in [-0.2, 0) is 17.8 Å². The lowest BCUT2D eigenvalue weighted by atomic mass is 10.1. The smallest absolute Gasteiger partial charge is 0.317 e. The summed E-state index contributed by atoms with van der Waals surface area (Å²) in [5, 5.41) is 7.33. The third-order valence-corrected chi connectivity index (χ3v) is 4.80. The molecule has 1 aliphatic heterocycles. The second kappa shape index (κ2) is 9.59. The van der Waals surface area contributed by atoms with E-state index in [-0.39, 0.29) is 12.1 Å². The van der Waals surface area contributed by atoms with Gasteiger partial charge in [0.15, 0.2) is 0 Å². The van der Waals surface area contributed by atoms with Gasteiger partial charge in [-0.15, -0.1) is 0 Å². The van der Waals surface area contributed by atoms with Gasteiger partial charge in [0.1, 0.15) is 5.75 Å². The number of rotatable bonds is 7. The molecule has 28 heavy (non-hydrogen) atoms. The van der Waals surface area contributed by atoms with E-state index in [1.165, 1.54) is 0 Å². The molecule has 1 saturated heterocycles. The molecule has 0 spiro atoms. The van der Waals surface area contributed by atoms with Gasteiger partial charge in [-0.25, -0.2) is 4.79 Å². The molecule has 2 amide bonds. The van der Waals surface area contributed by atoms with Crippen LogP contribution in [0.25, 0.3) is 0 Å². The third-order valence-electron chi connectivity index (χ3n) is 4.80. The molecule has 2 heterocycles. The first kappa shape index (κ1) is 20.2. The molecule has 3 rings (SSSR count). The number of benzene rings is 1. The lowest BCUT2D eigenvalue weighted by molar-refractivity contribution is -0.0237. The van der Waals surface area contributed by atoms with Gasteiger partial charge in [-0.05, 0) is 49.1 Å². The zero-order valence-electron chi connectivity index (χ0n) is 17.0. The summed E-state index contributed by atoms with van der Waals surface area (Å²) in [6.07, 6.45) is 4.75. The summed E-state index contributed by atoms with van der Waals surface area (Å²) >= 11 is 0. The van der Waals surface area contributed by atoms with Gasteiger partial charge in [-0.1, -0.05) is 13.0 Å². The fourth-order valence-corrected chi connectivity index (χ4v) is 3.25. The highest BCUT2D eigenvalue weighted by atomic mass is 16.5. The van der Waals surface area contributed by atoms with E-state index < -0.39 is 0 Å². The Bertz CT molecular complexity index is 790. The number of urea groups is 1. The number of aryl methyl sites for hydroxylation is 2. The summed E-state index contributed by atoms with van der Waals surface area (Å²) in [6, 6.07) is 5.94. The number of amides is 2. The molecule has 1 atom stereocenters. The number of carbonyl (C=O) groups excluding carboxylic acids is 1. The normalized spacial score (nSPS) is 16.8. The van der Waals surface area contributed by atoms with Crippen LogP contribution in [0, 0.1) is 13.8 Å². The van der Waals surface area contributed by atoms with E-state index in [2.05, 4.69) is 17.3 Å². The Morgan fingerprint density at radius 2 is 2.25 bits per heavy atom. The lowest BCUT2D eigenvalue weighted by Gasteiger charge is -2.33. The van der Waals surface area contributed by atoms with E-state index in [9.17, 15) is 4.79 Å². The quantitative estimate of drug-likeness (QED) is 0.794. The molecule has 0 saturated carbocycles. The molecule has 1 fully saturated rings. The van der Waals surface area contributed by atoms with E-state index in [0.29, 0.717) is 39.4 Å². The van der Waals surface area contributed by atoms with Gasteiger partial charge in [0.25, 0.3) is 0 Å². The minimum Gasteiger partial charge on any atom is -0.494 e. The van der Waals surface area contributed by atoms with Crippen LogP contribution in [0.3, 0.4) is 0 Å². The van der Waals surface area contributed by atoms with Crippen LogP contribution in [0.15, 0.2) is 30.6 Å². The van der Waals surface area contributed by atoms with Gasteiger partial charge in [0, 0.05) is 19.3 Å². The molecule has 0 bridgehead atoms. The average Bonchev–Trinajstić information content (AvgIpc) is 3.10. The molecule has 7 nitrogen and oxygen atoms in total. The molecule has 152 valence electrons. The average molecular weight is 386 g/mol. The number of nitrogens with one attached hydrogen (secondary N) is 1. The summed E-state index contributed by atoms with van der Waals surface area (Å²) in [4.78, 5) is 14.4. The van der Waals surface area contributed by atoms with Crippen LogP contribution in [0.1, 0.15) is 30.0 Å². The number of carbonyl (C=O) groups is 1. The van der Waals surface area contributed by atoms with Crippen LogP contribution in [0.4, 0.5) is 4.79 Å². The molecular weight excluding hydrogens is 356 g/mol. The Balaban J connectivity index is 1.50. The highest BCUT2D eigenvalue weighted by molar-refractivity contribution is 5.74. The first-order chi connectivity index (χ1) is 13.5. The van der Waals surface area contributed by atoms with Crippen LogP contribution in [-0.4, -0.2) is 53.1 Å². The van der Waals surface area contributed by atoms with Crippen molar-refractivity contribution in [3.8, 4) is 5.75 Å². The molecule has 7 heteroatoms. The van der Waals surface area contributed by atoms with Crippen molar-refractivity contribution in [2.75, 3.05) is 26.3 Å². The zero-order valence-corrected chi connectivity index (χ0v) is 17.0. The molecule has 2 aromatic rings. The van der Waals surface area contributed by atoms with Gasteiger partial charge in [0.05, 0.1) is 38.6 Å². The van der Waals surface area contributed by atoms with E-state index in [1.54, 1.807) is 0 Å². The Hall–Kier alpha value is -2.54. The SMILES string of the molecule is CCCOc1ccc(CNC(=O)N2CCOC(Cn3cc(C)cn3)C2)c(C)c1. The fraction of sp³-hybridized carbons (Fsp3) is 0.524. The molecule has 0 radical (unpaired) electrons. The lowest BCUT2D eigenvalue weighted by Crippen LogP contribution is -2.50. The maximum atomic E-state index is 12.6. The summed E-state index contributed by atoms with van der Waals surface area (Å²) in [7, 11) is 0. The van der Waals surface area contributed by atoms with Crippen molar-refractivity contribution < 1.29 is 14.3 Å². The Labute approximate surface area is 166 Å². The first-order valence-corrected chi connectivity index (χ1v) is 9.91. The van der Waals surface area contributed by atoms with Crippen LogP contribution in [0.2, 0.25) is 0 Å². The van der Waals surface area contributed by atoms with Gasteiger partial charge >= 0.3 is 6.03 Å². The number of hydrogen-bond acceptors (Lipinski definition) is 4. The topological polar surface area (TPSA) is 68.6 Å². The van der Waals surface area contributed by atoms with Crippen molar-refractivity contribution >= 4 is 6.03 Å². The van der Waals surface area contributed by atoms with E-state index in [4.69, 9.17) is 9.47 Å². The Morgan fingerprint density at radius 1 is 1.39 bits per heavy atom. The van der Waals surface area contributed by atoms with Crippen LogP contribution >= 0.6 is 0 Å². The molecular formula is C21H30N4O3. The minimum atomic E-state index is -0.0596. The largest absolute Gasteiger partial charge is 0.494 e. The van der Waals surface area contributed by atoms with Crippen LogP contribution in [0.5, 0.6) is 5.75 Å². The molecule has 1 aromatic heterocycles. The summed E-state index contributed by atoms with van der Waals surface area (Å²) in [5.74, 6) is 0.874. The van der Waals surface area contributed by atoms with Crippen molar-refractivity contribution in [3.63, 3.8) is 0 Å². The number of hydrogen-bond donors (Lipinski definition) is 1. The first-order valence-electron chi connectivity index (χ1n) is 9.91. The molecule has 1 unspecified atom stereocenters. The summed E-state index contributed by atoms with van der Waals surface area (Å²) in [5.41, 5.74) is 3.32.